The first-order valence-electron chi connectivity index (χ1n) is 18.0. The van der Waals surface area contributed by atoms with Gasteiger partial charge in [0.15, 0.2) is 5.82 Å². The zero-order chi connectivity index (χ0) is 40.5. The first-order valence-corrected chi connectivity index (χ1v) is 18.0. The van der Waals surface area contributed by atoms with Gasteiger partial charge < -0.3 is 30.6 Å². The zero-order valence-electron chi connectivity index (χ0n) is 32.2. The number of esters is 2. The van der Waals surface area contributed by atoms with Gasteiger partial charge in [0, 0.05) is 30.6 Å². The van der Waals surface area contributed by atoms with Crippen LogP contribution in [0.2, 0.25) is 0 Å². The van der Waals surface area contributed by atoms with E-state index in [0.29, 0.717) is 11.1 Å². The number of anilines is 3. The predicted molar refractivity (Wildman–Crippen MR) is 205 cm³/mol. The highest BCUT2D eigenvalue weighted by atomic mass is 19.1. The van der Waals surface area contributed by atoms with Crippen LogP contribution in [0.1, 0.15) is 77.8 Å². The van der Waals surface area contributed by atoms with E-state index in [9.17, 15) is 19.2 Å². The molecule has 0 saturated heterocycles. The molecule has 1 fully saturated rings. The molecule has 1 saturated carbocycles. The molecule has 56 heavy (non-hydrogen) atoms. The van der Waals surface area contributed by atoms with Crippen molar-refractivity contribution in [3.05, 3.63) is 82.3 Å². The van der Waals surface area contributed by atoms with Crippen LogP contribution in [0.15, 0.2) is 59.8 Å². The minimum absolute atomic E-state index is 0.0445. The second-order valence-corrected chi connectivity index (χ2v) is 15.5. The van der Waals surface area contributed by atoms with Crippen molar-refractivity contribution in [2.24, 2.45) is 7.05 Å². The van der Waals surface area contributed by atoms with E-state index in [1.807, 2.05) is 6.07 Å². The summed E-state index contributed by atoms with van der Waals surface area (Å²) in [5.41, 5.74) is 5.78. The number of nitrogen functional groups attached to an aromatic ring is 1. The van der Waals surface area contributed by atoms with Crippen LogP contribution in [0.5, 0.6) is 0 Å². The number of benzene rings is 2. The SMILES string of the molecule is Cn1cc(Nc2nc(N)nc(-c3cccc(-n4ccc5cc(C6CC6)cc(F)c5c4=O)c3COC(=O)C(CC(=O)OC(C)(C)C)NC(=O)OC(C)(C)C)n2)cn1. The number of ether oxygens (including phenoxy) is 3. The van der Waals surface area contributed by atoms with Crippen LogP contribution in [-0.4, -0.2) is 64.6 Å². The molecule has 1 atom stereocenters. The normalized spacial score (nSPS) is 13.6. The number of halogens is 1. The maximum absolute atomic E-state index is 15.6. The van der Waals surface area contributed by atoms with E-state index in [-0.39, 0.29) is 45.8 Å². The maximum Gasteiger partial charge on any atom is 0.408 e. The number of nitrogens with zero attached hydrogens (tertiary/aromatic N) is 6. The minimum atomic E-state index is -1.53. The van der Waals surface area contributed by atoms with E-state index < -0.39 is 59.7 Å². The predicted octanol–water partition coefficient (Wildman–Crippen LogP) is 5.59. The summed E-state index contributed by atoms with van der Waals surface area (Å²) in [6.07, 6.45) is 5.15. The molecule has 1 aliphatic carbocycles. The Hall–Kier alpha value is -6.39. The fourth-order valence-electron chi connectivity index (χ4n) is 5.97. The Morgan fingerprint density at radius 3 is 2.41 bits per heavy atom. The van der Waals surface area contributed by atoms with Crippen molar-refractivity contribution in [3.63, 3.8) is 0 Å². The van der Waals surface area contributed by atoms with Gasteiger partial charge in [0.25, 0.3) is 5.56 Å². The number of carbonyl (C=O) groups is 3. The van der Waals surface area contributed by atoms with Crippen molar-refractivity contribution < 1.29 is 33.0 Å². The van der Waals surface area contributed by atoms with Crippen LogP contribution in [0.3, 0.4) is 0 Å². The summed E-state index contributed by atoms with van der Waals surface area (Å²) in [5, 5.41) is 9.91. The van der Waals surface area contributed by atoms with Crippen LogP contribution in [0, 0.1) is 5.82 Å². The number of alkyl carbamates (subject to hydrolysis) is 1. The zero-order valence-corrected chi connectivity index (χ0v) is 32.2. The van der Waals surface area contributed by atoms with E-state index >= 15 is 4.39 Å². The summed E-state index contributed by atoms with van der Waals surface area (Å²) in [6, 6.07) is 8.19. The first kappa shape index (κ1) is 39.3. The molecular formula is C39H44FN9O7. The summed E-state index contributed by atoms with van der Waals surface area (Å²) in [7, 11) is 1.74. The second kappa shape index (κ2) is 15.4. The Kier molecular flexibility index (Phi) is 10.8. The molecule has 1 amide bonds. The minimum Gasteiger partial charge on any atom is -0.460 e. The molecular weight excluding hydrogens is 725 g/mol. The molecule has 294 valence electrons. The highest BCUT2D eigenvalue weighted by Crippen LogP contribution is 2.41. The highest BCUT2D eigenvalue weighted by molar-refractivity contribution is 5.87. The molecule has 6 rings (SSSR count). The third-order valence-corrected chi connectivity index (χ3v) is 8.42. The van der Waals surface area contributed by atoms with E-state index in [0.717, 1.165) is 18.4 Å². The Balaban J connectivity index is 1.42. The molecule has 1 aliphatic rings. The number of hydrogen-bond acceptors (Lipinski definition) is 13. The van der Waals surface area contributed by atoms with Gasteiger partial charge in [0.2, 0.25) is 11.9 Å². The van der Waals surface area contributed by atoms with Crippen LogP contribution in [0.25, 0.3) is 27.8 Å². The summed E-state index contributed by atoms with van der Waals surface area (Å²) in [5.74, 6) is -2.20. The first-order chi connectivity index (χ1) is 26.3. The van der Waals surface area contributed by atoms with Crippen molar-refractivity contribution in [3.8, 4) is 17.1 Å². The lowest BCUT2D eigenvalue weighted by atomic mass is 10.0. The molecule has 0 bridgehead atoms. The number of pyridine rings is 1. The third kappa shape index (κ3) is 9.64. The fraction of sp³-hybridized carbons (Fsp3) is 0.385. The van der Waals surface area contributed by atoms with Crippen molar-refractivity contribution in [2.75, 3.05) is 11.1 Å². The van der Waals surface area contributed by atoms with Crippen molar-refractivity contribution in [1.82, 2.24) is 34.6 Å². The molecule has 16 nitrogen and oxygen atoms in total. The number of nitrogens with two attached hydrogens (primary N) is 1. The quantitative estimate of drug-likeness (QED) is 0.111. The fourth-order valence-corrected chi connectivity index (χ4v) is 5.97. The number of aromatic nitrogens is 6. The summed E-state index contributed by atoms with van der Waals surface area (Å²) >= 11 is 0. The second-order valence-electron chi connectivity index (χ2n) is 15.5. The van der Waals surface area contributed by atoms with Gasteiger partial charge in [-0.3, -0.25) is 18.8 Å². The number of nitrogens with one attached hydrogen (secondary N) is 2. The molecule has 0 radical (unpaired) electrons. The van der Waals surface area contributed by atoms with Gasteiger partial charge in [-0.2, -0.15) is 20.1 Å². The molecule has 0 spiro atoms. The molecule has 3 aromatic heterocycles. The van der Waals surface area contributed by atoms with Gasteiger partial charge in [-0.15, -0.1) is 0 Å². The van der Waals surface area contributed by atoms with Crippen molar-refractivity contribution >= 4 is 46.4 Å². The van der Waals surface area contributed by atoms with Gasteiger partial charge >= 0.3 is 18.0 Å². The van der Waals surface area contributed by atoms with E-state index in [1.165, 1.54) is 16.8 Å². The number of hydrogen-bond donors (Lipinski definition) is 3. The number of fused-ring (bicyclic) bond motifs is 1. The van der Waals surface area contributed by atoms with Gasteiger partial charge in [-0.25, -0.2) is 14.0 Å². The largest absolute Gasteiger partial charge is 0.460 e. The van der Waals surface area contributed by atoms with Gasteiger partial charge in [-0.05, 0) is 89.5 Å². The Morgan fingerprint density at radius 1 is 1.02 bits per heavy atom. The van der Waals surface area contributed by atoms with Crippen LogP contribution >= 0.6 is 0 Å². The van der Waals surface area contributed by atoms with Gasteiger partial charge in [0.05, 0.1) is 29.4 Å². The molecule has 2 aromatic carbocycles. The monoisotopic (exact) mass is 769 g/mol. The number of amides is 1. The molecule has 1 unspecified atom stereocenters. The average molecular weight is 770 g/mol. The smallest absolute Gasteiger partial charge is 0.408 e. The highest BCUT2D eigenvalue weighted by Gasteiger charge is 2.31. The molecule has 0 aliphatic heterocycles. The van der Waals surface area contributed by atoms with Gasteiger partial charge in [-0.1, -0.05) is 18.2 Å². The number of aryl methyl sites for hydroxylation is 1. The van der Waals surface area contributed by atoms with Crippen LogP contribution in [-0.2, 0) is 37.5 Å². The average Bonchev–Trinajstić information content (AvgIpc) is 3.86. The van der Waals surface area contributed by atoms with E-state index in [4.69, 9.17) is 19.9 Å². The third-order valence-electron chi connectivity index (χ3n) is 8.42. The summed E-state index contributed by atoms with van der Waals surface area (Å²) in [4.78, 5) is 66.7. The standard InChI is InChI=1S/C39H44FN9O7/c1-38(2,3)55-30(50)17-28(44-37(53)56-39(4,5)6)34(52)54-20-26-25(32-45-35(41)47-36(46-32)43-24-18-42-48(7)19-24)9-8-10-29(26)49-14-13-22-15-23(21-11-12-21)16-27(40)31(22)33(49)51/h8-10,13-16,18-19,21,28H,11-12,17,20H2,1-7H3,(H,44,53)(H3,41,43,45,46,47). The number of carbonyl (C=O) groups excluding carboxylic acids is 3. The summed E-state index contributed by atoms with van der Waals surface area (Å²) in [6.45, 7) is 9.39. The van der Waals surface area contributed by atoms with Crippen molar-refractivity contribution in [1.29, 1.82) is 0 Å². The Bertz CT molecular complexity index is 2350. The molecule has 17 heteroatoms. The topological polar surface area (TPSA) is 207 Å². The lowest BCUT2D eigenvalue weighted by Gasteiger charge is -2.24. The molecule has 4 N–H and O–H groups in total. The lowest BCUT2D eigenvalue weighted by molar-refractivity contribution is -0.160. The number of rotatable bonds is 11. The van der Waals surface area contributed by atoms with Crippen LogP contribution < -0.4 is 21.9 Å². The van der Waals surface area contributed by atoms with Gasteiger partial charge in [0.1, 0.15) is 29.7 Å². The summed E-state index contributed by atoms with van der Waals surface area (Å²) < 4.78 is 35.0. The maximum atomic E-state index is 15.6. The Labute approximate surface area is 321 Å². The van der Waals surface area contributed by atoms with Crippen molar-refractivity contribution in [2.45, 2.75) is 90.6 Å². The molecule has 3 heterocycles. The van der Waals surface area contributed by atoms with E-state index in [2.05, 4.69) is 30.7 Å². The van der Waals surface area contributed by atoms with Crippen LogP contribution in [0.4, 0.5) is 26.8 Å². The van der Waals surface area contributed by atoms with E-state index in [1.54, 1.807) is 89.9 Å². The Morgan fingerprint density at radius 2 is 1.75 bits per heavy atom. The molecule has 5 aromatic rings. The lowest BCUT2D eigenvalue weighted by Crippen LogP contribution is -2.46.